The molecule has 2 unspecified atom stereocenters. The lowest BCUT2D eigenvalue weighted by molar-refractivity contribution is -0.135. The van der Waals surface area contributed by atoms with Crippen LogP contribution in [0.5, 0.6) is 0 Å². The molecule has 0 aromatic heterocycles. The Morgan fingerprint density at radius 2 is 1.94 bits per heavy atom. The number of hydrogen-bond acceptors (Lipinski definition) is 3. The van der Waals surface area contributed by atoms with Gasteiger partial charge in [-0.2, -0.15) is 11.8 Å². The Labute approximate surface area is 108 Å². The summed E-state index contributed by atoms with van der Waals surface area (Å²) < 4.78 is 0. The van der Waals surface area contributed by atoms with Crippen molar-refractivity contribution in [1.29, 1.82) is 0 Å². The lowest BCUT2D eigenvalue weighted by atomic mass is 9.66. The predicted octanol–water partition coefficient (Wildman–Crippen LogP) is 1.86. The zero-order valence-corrected chi connectivity index (χ0v) is 11.8. The minimum Gasteiger partial charge on any atom is -0.340 e. The standard InChI is InChI=1S/C13H24N2OS/c1-10-7-15(8-11(2)17-10)12(16)6-13(9-14)4-3-5-13/h10-11H,3-9,14H2,1-2H3. The van der Waals surface area contributed by atoms with E-state index in [2.05, 4.69) is 18.7 Å². The summed E-state index contributed by atoms with van der Waals surface area (Å²) in [5, 5.41) is 1.14. The summed E-state index contributed by atoms with van der Waals surface area (Å²) in [4.78, 5) is 14.4. The second-order valence-corrected chi connectivity index (χ2v) is 7.67. The summed E-state index contributed by atoms with van der Waals surface area (Å²) in [7, 11) is 0. The molecule has 2 aliphatic rings. The van der Waals surface area contributed by atoms with Gasteiger partial charge in [-0.05, 0) is 24.8 Å². The normalized spacial score (nSPS) is 32.1. The monoisotopic (exact) mass is 256 g/mol. The van der Waals surface area contributed by atoms with Gasteiger partial charge in [0, 0.05) is 30.0 Å². The molecule has 2 atom stereocenters. The van der Waals surface area contributed by atoms with Crippen molar-refractivity contribution >= 4 is 17.7 Å². The highest BCUT2D eigenvalue weighted by Crippen LogP contribution is 2.43. The van der Waals surface area contributed by atoms with Crippen LogP contribution in [-0.4, -0.2) is 40.9 Å². The smallest absolute Gasteiger partial charge is 0.223 e. The summed E-state index contributed by atoms with van der Waals surface area (Å²) in [5.41, 5.74) is 5.97. The average Bonchev–Trinajstić information content (AvgIpc) is 2.21. The first-order chi connectivity index (χ1) is 8.04. The number of rotatable bonds is 3. The molecule has 0 bridgehead atoms. The first kappa shape index (κ1) is 13.2. The van der Waals surface area contributed by atoms with E-state index in [-0.39, 0.29) is 5.41 Å². The Hall–Kier alpha value is -0.220. The van der Waals surface area contributed by atoms with E-state index in [0.717, 1.165) is 25.9 Å². The van der Waals surface area contributed by atoms with Gasteiger partial charge in [0.15, 0.2) is 0 Å². The van der Waals surface area contributed by atoms with E-state index in [1.54, 1.807) is 0 Å². The van der Waals surface area contributed by atoms with Gasteiger partial charge >= 0.3 is 0 Å². The van der Waals surface area contributed by atoms with Crippen molar-refractivity contribution < 1.29 is 4.79 Å². The SMILES string of the molecule is CC1CN(C(=O)CC2(CN)CCC2)CC(C)S1. The lowest BCUT2D eigenvalue weighted by Crippen LogP contribution is -2.48. The van der Waals surface area contributed by atoms with E-state index in [0.29, 0.717) is 29.4 Å². The van der Waals surface area contributed by atoms with Crippen molar-refractivity contribution in [1.82, 2.24) is 4.90 Å². The van der Waals surface area contributed by atoms with Crippen LogP contribution in [0.1, 0.15) is 39.5 Å². The van der Waals surface area contributed by atoms with E-state index in [4.69, 9.17) is 5.73 Å². The van der Waals surface area contributed by atoms with Gasteiger partial charge in [0.25, 0.3) is 0 Å². The van der Waals surface area contributed by atoms with Crippen LogP contribution in [0.4, 0.5) is 0 Å². The molecule has 3 nitrogen and oxygen atoms in total. The van der Waals surface area contributed by atoms with Gasteiger partial charge in [-0.3, -0.25) is 4.79 Å². The molecule has 2 rings (SSSR count). The molecule has 1 saturated heterocycles. The van der Waals surface area contributed by atoms with Crippen LogP contribution in [0.15, 0.2) is 0 Å². The van der Waals surface area contributed by atoms with Crippen molar-refractivity contribution in [3.63, 3.8) is 0 Å². The van der Waals surface area contributed by atoms with Crippen molar-refractivity contribution in [2.24, 2.45) is 11.1 Å². The molecule has 0 aromatic carbocycles. The number of hydrogen-bond donors (Lipinski definition) is 1. The van der Waals surface area contributed by atoms with Crippen LogP contribution >= 0.6 is 11.8 Å². The Morgan fingerprint density at radius 3 is 2.35 bits per heavy atom. The van der Waals surface area contributed by atoms with E-state index < -0.39 is 0 Å². The van der Waals surface area contributed by atoms with Gasteiger partial charge in [0.2, 0.25) is 5.91 Å². The van der Waals surface area contributed by atoms with Crippen LogP contribution in [0, 0.1) is 5.41 Å². The molecule has 1 heterocycles. The van der Waals surface area contributed by atoms with Gasteiger partial charge in [0.1, 0.15) is 0 Å². The van der Waals surface area contributed by atoms with Gasteiger partial charge in [-0.1, -0.05) is 20.3 Å². The van der Waals surface area contributed by atoms with Crippen LogP contribution in [0.25, 0.3) is 0 Å². The largest absolute Gasteiger partial charge is 0.340 e. The highest BCUT2D eigenvalue weighted by molar-refractivity contribution is 8.00. The number of thioether (sulfide) groups is 1. The van der Waals surface area contributed by atoms with E-state index in [9.17, 15) is 4.79 Å². The van der Waals surface area contributed by atoms with E-state index >= 15 is 0 Å². The maximum absolute atomic E-state index is 12.3. The maximum atomic E-state index is 12.3. The molecule has 0 spiro atoms. The molecule has 1 amide bonds. The first-order valence-corrected chi connectivity index (χ1v) is 7.62. The zero-order valence-electron chi connectivity index (χ0n) is 10.9. The van der Waals surface area contributed by atoms with Gasteiger partial charge in [-0.15, -0.1) is 0 Å². The molecule has 2 N–H and O–H groups in total. The third-order valence-electron chi connectivity index (χ3n) is 4.15. The van der Waals surface area contributed by atoms with Crippen molar-refractivity contribution in [3.05, 3.63) is 0 Å². The van der Waals surface area contributed by atoms with Crippen molar-refractivity contribution in [2.45, 2.75) is 50.0 Å². The Kier molecular flexibility index (Phi) is 4.03. The van der Waals surface area contributed by atoms with Gasteiger partial charge in [-0.25, -0.2) is 0 Å². The summed E-state index contributed by atoms with van der Waals surface area (Å²) in [6.07, 6.45) is 4.20. The van der Waals surface area contributed by atoms with Crippen LogP contribution in [0.2, 0.25) is 0 Å². The molecule has 1 saturated carbocycles. The predicted molar refractivity (Wildman–Crippen MR) is 73.1 cm³/mol. The minimum absolute atomic E-state index is 0.147. The van der Waals surface area contributed by atoms with Gasteiger partial charge in [0.05, 0.1) is 0 Å². The Balaban J connectivity index is 1.91. The molecule has 0 radical (unpaired) electrons. The first-order valence-electron chi connectivity index (χ1n) is 6.68. The second-order valence-electron chi connectivity index (χ2n) is 5.79. The van der Waals surface area contributed by atoms with Crippen LogP contribution in [-0.2, 0) is 4.79 Å². The molecule has 98 valence electrons. The van der Waals surface area contributed by atoms with E-state index in [1.807, 2.05) is 11.8 Å². The van der Waals surface area contributed by atoms with Crippen LogP contribution < -0.4 is 5.73 Å². The minimum atomic E-state index is 0.147. The third-order valence-corrected chi connectivity index (χ3v) is 5.37. The summed E-state index contributed by atoms with van der Waals surface area (Å²) in [6, 6.07) is 0. The molecule has 17 heavy (non-hydrogen) atoms. The molecular weight excluding hydrogens is 232 g/mol. The molecule has 2 fully saturated rings. The lowest BCUT2D eigenvalue weighted by Gasteiger charge is -2.43. The summed E-state index contributed by atoms with van der Waals surface area (Å²) >= 11 is 1.99. The fraction of sp³-hybridized carbons (Fsp3) is 0.923. The maximum Gasteiger partial charge on any atom is 0.223 e. The third kappa shape index (κ3) is 2.97. The Bertz CT molecular complexity index is 276. The highest BCUT2D eigenvalue weighted by atomic mass is 32.2. The van der Waals surface area contributed by atoms with E-state index in [1.165, 1.54) is 6.42 Å². The number of carbonyl (C=O) groups excluding carboxylic acids is 1. The average molecular weight is 256 g/mol. The number of amides is 1. The number of carbonyl (C=O) groups is 1. The molecule has 1 aliphatic carbocycles. The molecule has 0 aromatic rings. The van der Waals surface area contributed by atoms with Crippen molar-refractivity contribution in [3.8, 4) is 0 Å². The topological polar surface area (TPSA) is 46.3 Å². The van der Waals surface area contributed by atoms with Crippen molar-refractivity contribution in [2.75, 3.05) is 19.6 Å². The molecule has 4 heteroatoms. The van der Waals surface area contributed by atoms with Crippen LogP contribution in [0.3, 0.4) is 0 Å². The zero-order chi connectivity index (χ0) is 12.5. The second kappa shape index (κ2) is 5.19. The summed E-state index contributed by atoms with van der Waals surface area (Å²) in [6.45, 7) is 6.92. The molecule has 1 aliphatic heterocycles. The van der Waals surface area contributed by atoms with Gasteiger partial charge < -0.3 is 10.6 Å². The fourth-order valence-electron chi connectivity index (χ4n) is 2.94. The summed E-state index contributed by atoms with van der Waals surface area (Å²) in [5.74, 6) is 0.328. The molecular formula is C13H24N2OS. The number of nitrogens with zero attached hydrogens (tertiary/aromatic N) is 1. The Morgan fingerprint density at radius 1 is 1.35 bits per heavy atom. The quantitative estimate of drug-likeness (QED) is 0.838. The number of nitrogens with two attached hydrogens (primary N) is 1. The fourth-order valence-corrected chi connectivity index (χ4v) is 4.27. The highest BCUT2D eigenvalue weighted by Gasteiger charge is 2.39.